The van der Waals surface area contributed by atoms with Crippen molar-refractivity contribution in [3.8, 4) is 0 Å². The number of rotatable bonds is 4. The molecular formula is C5H12N2O3. The number of nitrogens with two attached hydrogens (primary N) is 1. The molecule has 0 saturated heterocycles. The maximum atomic E-state index is 10.5. The lowest BCUT2D eigenvalue weighted by Crippen LogP contribution is -2.39. The predicted octanol–water partition coefficient (Wildman–Crippen LogP) is -1.14. The van der Waals surface area contributed by atoms with Crippen LogP contribution in [0.15, 0.2) is 0 Å². The largest absolute Gasteiger partial charge is 0.385 e. The van der Waals surface area contributed by atoms with E-state index in [2.05, 4.69) is 4.74 Å². The molecule has 0 aromatic carbocycles. The third-order valence-corrected chi connectivity index (χ3v) is 1.08. The first kappa shape index (κ1) is 9.35. The Labute approximate surface area is 59.1 Å². The summed E-state index contributed by atoms with van der Waals surface area (Å²) in [5, 5.41) is 8.08. The van der Waals surface area contributed by atoms with Gasteiger partial charge >= 0.3 is 0 Å². The summed E-state index contributed by atoms with van der Waals surface area (Å²) in [6, 6.07) is -0.690. The molecule has 0 heterocycles. The Morgan fingerprint density at radius 1 is 1.90 bits per heavy atom. The van der Waals surface area contributed by atoms with E-state index in [-0.39, 0.29) is 0 Å². The number of hydrogen-bond donors (Lipinski definition) is 3. The SMILES string of the molecule is COCCC(N)C(=O)NO. The Bertz CT molecular complexity index is 107. The van der Waals surface area contributed by atoms with E-state index in [4.69, 9.17) is 10.9 Å². The summed E-state index contributed by atoms with van der Waals surface area (Å²) in [7, 11) is 1.52. The van der Waals surface area contributed by atoms with Gasteiger partial charge in [0.25, 0.3) is 5.91 Å². The molecule has 1 amide bonds. The zero-order valence-electron chi connectivity index (χ0n) is 5.83. The predicted molar refractivity (Wildman–Crippen MR) is 34.4 cm³/mol. The second kappa shape index (κ2) is 5.16. The minimum absolute atomic E-state index is 0.406. The van der Waals surface area contributed by atoms with E-state index in [1.54, 1.807) is 0 Å². The van der Waals surface area contributed by atoms with Crippen LogP contribution in [0.5, 0.6) is 0 Å². The van der Waals surface area contributed by atoms with Crippen molar-refractivity contribution in [1.82, 2.24) is 5.48 Å². The van der Waals surface area contributed by atoms with Gasteiger partial charge in [-0.3, -0.25) is 10.0 Å². The number of nitrogens with one attached hydrogen (secondary N) is 1. The first-order chi connectivity index (χ1) is 4.72. The summed E-state index contributed by atoms with van der Waals surface area (Å²) < 4.78 is 4.67. The van der Waals surface area contributed by atoms with Crippen LogP contribution in [0.4, 0.5) is 0 Å². The normalized spacial score (nSPS) is 12.7. The second-order valence-electron chi connectivity index (χ2n) is 1.86. The average Bonchev–Trinajstić information content (AvgIpc) is 1.98. The van der Waals surface area contributed by atoms with Gasteiger partial charge in [-0.15, -0.1) is 0 Å². The second-order valence-corrected chi connectivity index (χ2v) is 1.86. The number of methoxy groups -OCH3 is 1. The van der Waals surface area contributed by atoms with Gasteiger partial charge in [0.15, 0.2) is 0 Å². The Balaban J connectivity index is 3.41. The van der Waals surface area contributed by atoms with Crippen molar-refractivity contribution < 1.29 is 14.7 Å². The summed E-state index contributed by atoms with van der Waals surface area (Å²) in [4.78, 5) is 10.5. The van der Waals surface area contributed by atoms with Crippen LogP contribution in [0.25, 0.3) is 0 Å². The zero-order chi connectivity index (χ0) is 7.98. The van der Waals surface area contributed by atoms with Crippen LogP contribution in [-0.2, 0) is 9.53 Å². The van der Waals surface area contributed by atoms with Crippen molar-refractivity contribution in [3.63, 3.8) is 0 Å². The fourth-order valence-electron chi connectivity index (χ4n) is 0.459. The molecule has 0 fully saturated rings. The number of carbonyl (C=O) groups is 1. The standard InChI is InChI=1S/C5H12N2O3/c1-10-3-2-4(6)5(8)7-9/h4,9H,2-3,6H2,1H3,(H,7,8). The molecule has 0 aliphatic carbocycles. The number of carbonyl (C=O) groups excluding carboxylic acids is 1. The maximum absolute atomic E-state index is 10.5. The van der Waals surface area contributed by atoms with Crippen LogP contribution >= 0.6 is 0 Å². The van der Waals surface area contributed by atoms with Gasteiger partial charge in [-0.1, -0.05) is 0 Å². The molecule has 0 spiro atoms. The molecule has 0 aliphatic heterocycles. The van der Waals surface area contributed by atoms with Gasteiger partial charge in [0.05, 0.1) is 6.04 Å². The first-order valence-electron chi connectivity index (χ1n) is 2.90. The highest BCUT2D eigenvalue weighted by molar-refractivity contribution is 5.80. The number of amides is 1. The fraction of sp³-hybridized carbons (Fsp3) is 0.800. The van der Waals surface area contributed by atoms with E-state index < -0.39 is 11.9 Å². The van der Waals surface area contributed by atoms with Crippen LogP contribution in [0.2, 0.25) is 0 Å². The van der Waals surface area contributed by atoms with E-state index in [9.17, 15) is 4.79 Å². The van der Waals surface area contributed by atoms with Gasteiger partial charge in [0, 0.05) is 13.7 Å². The van der Waals surface area contributed by atoms with Crippen LogP contribution in [0.3, 0.4) is 0 Å². The van der Waals surface area contributed by atoms with E-state index in [1.165, 1.54) is 12.6 Å². The van der Waals surface area contributed by atoms with Gasteiger partial charge < -0.3 is 10.5 Å². The molecule has 0 aliphatic rings. The third-order valence-electron chi connectivity index (χ3n) is 1.08. The highest BCUT2D eigenvalue weighted by Crippen LogP contribution is 1.87. The monoisotopic (exact) mass is 148 g/mol. The van der Waals surface area contributed by atoms with E-state index in [0.29, 0.717) is 13.0 Å². The zero-order valence-corrected chi connectivity index (χ0v) is 5.83. The van der Waals surface area contributed by atoms with Crippen LogP contribution in [-0.4, -0.2) is 30.9 Å². The van der Waals surface area contributed by atoms with Crippen LogP contribution in [0.1, 0.15) is 6.42 Å². The lowest BCUT2D eigenvalue weighted by Gasteiger charge is -2.06. The Hall–Kier alpha value is -0.650. The van der Waals surface area contributed by atoms with Crippen molar-refractivity contribution >= 4 is 5.91 Å². The average molecular weight is 148 g/mol. The molecular weight excluding hydrogens is 136 g/mol. The molecule has 0 aromatic rings. The molecule has 0 radical (unpaired) electrons. The molecule has 4 N–H and O–H groups in total. The van der Waals surface area contributed by atoms with Gasteiger partial charge in [-0.25, -0.2) is 5.48 Å². The lowest BCUT2D eigenvalue weighted by molar-refractivity contribution is -0.130. The Kier molecular flexibility index (Phi) is 4.82. The molecule has 0 bridgehead atoms. The topological polar surface area (TPSA) is 84.6 Å². The summed E-state index contributed by atoms with van der Waals surface area (Å²) in [6.45, 7) is 0.411. The van der Waals surface area contributed by atoms with Crippen molar-refractivity contribution in [3.05, 3.63) is 0 Å². The number of ether oxygens (including phenoxy) is 1. The summed E-state index contributed by atoms with van der Waals surface area (Å²) in [6.07, 6.45) is 0.406. The van der Waals surface area contributed by atoms with Crippen LogP contribution < -0.4 is 11.2 Å². The minimum Gasteiger partial charge on any atom is -0.385 e. The van der Waals surface area contributed by atoms with Gasteiger partial charge in [0.2, 0.25) is 0 Å². The Morgan fingerprint density at radius 2 is 2.50 bits per heavy atom. The van der Waals surface area contributed by atoms with Crippen molar-refractivity contribution in [2.24, 2.45) is 5.73 Å². The maximum Gasteiger partial charge on any atom is 0.260 e. The molecule has 0 rings (SSSR count). The highest BCUT2D eigenvalue weighted by atomic mass is 16.5. The lowest BCUT2D eigenvalue weighted by atomic mass is 10.2. The van der Waals surface area contributed by atoms with Gasteiger partial charge in [-0.05, 0) is 6.42 Å². The minimum atomic E-state index is -0.690. The quantitative estimate of drug-likeness (QED) is 0.347. The van der Waals surface area contributed by atoms with Gasteiger partial charge in [-0.2, -0.15) is 0 Å². The van der Waals surface area contributed by atoms with Crippen molar-refractivity contribution in [2.75, 3.05) is 13.7 Å². The smallest absolute Gasteiger partial charge is 0.260 e. The molecule has 0 aromatic heterocycles. The summed E-state index contributed by atoms with van der Waals surface area (Å²) in [5.74, 6) is -0.586. The van der Waals surface area contributed by atoms with E-state index >= 15 is 0 Å². The molecule has 60 valence electrons. The molecule has 5 nitrogen and oxygen atoms in total. The number of hydroxylamine groups is 1. The molecule has 10 heavy (non-hydrogen) atoms. The summed E-state index contributed by atoms with van der Waals surface area (Å²) >= 11 is 0. The molecule has 1 atom stereocenters. The molecule has 5 heteroatoms. The highest BCUT2D eigenvalue weighted by Gasteiger charge is 2.10. The first-order valence-corrected chi connectivity index (χ1v) is 2.90. The van der Waals surface area contributed by atoms with E-state index in [0.717, 1.165) is 0 Å². The van der Waals surface area contributed by atoms with Crippen molar-refractivity contribution in [2.45, 2.75) is 12.5 Å². The van der Waals surface area contributed by atoms with Crippen molar-refractivity contribution in [1.29, 1.82) is 0 Å². The van der Waals surface area contributed by atoms with Gasteiger partial charge in [0.1, 0.15) is 0 Å². The third kappa shape index (κ3) is 3.39. The summed E-state index contributed by atoms with van der Waals surface area (Å²) in [5.41, 5.74) is 6.72. The number of hydrogen-bond acceptors (Lipinski definition) is 4. The Morgan fingerprint density at radius 3 is 2.90 bits per heavy atom. The fourth-order valence-corrected chi connectivity index (χ4v) is 0.459. The van der Waals surface area contributed by atoms with E-state index in [1.807, 2.05) is 0 Å². The van der Waals surface area contributed by atoms with Crippen LogP contribution in [0, 0.1) is 0 Å². The molecule has 0 saturated carbocycles. The molecule has 1 unspecified atom stereocenters.